The van der Waals surface area contributed by atoms with Crippen LogP contribution >= 0.6 is 0 Å². The number of imide groups is 1. The van der Waals surface area contributed by atoms with E-state index in [4.69, 9.17) is 4.74 Å². The van der Waals surface area contributed by atoms with Gasteiger partial charge in [-0.2, -0.15) is 0 Å². The maximum absolute atomic E-state index is 13.5. The second-order valence-electron chi connectivity index (χ2n) is 8.27. The molecule has 0 saturated carbocycles. The molecule has 1 aliphatic heterocycles. The van der Waals surface area contributed by atoms with Crippen molar-refractivity contribution in [1.29, 1.82) is 0 Å². The highest BCUT2D eigenvalue weighted by molar-refractivity contribution is 6.35. The molecule has 3 aromatic rings. The zero-order chi connectivity index (χ0) is 23.4. The lowest BCUT2D eigenvalue weighted by atomic mass is 10.0. The Morgan fingerprint density at radius 3 is 2.24 bits per heavy atom. The molecule has 4 rings (SSSR count). The van der Waals surface area contributed by atoms with Gasteiger partial charge in [-0.1, -0.05) is 48.5 Å². The molecular weight excluding hydrogens is 414 g/mol. The van der Waals surface area contributed by atoms with Crippen molar-refractivity contribution in [2.24, 2.45) is 0 Å². The molecule has 0 atom stereocenters. The van der Waals surface area contributed by atoms with Crippen LogP contribution in [-0.4, -0.2) is 39.7 Å². The number of hydrogen-bond donors (Lipinski definition) is 0. The zero-order valence-corrected chi connectivity index (χ0v) is 19.1. The minimum absolute atomic E-state index is 0.0474. The maximum Gasteiger partial charge on any atom is 0.278 e. The van der Waals surface area contributed by atoms with Crippen molar-refractivity contribution in [1.82, 2.24) is 14.8 Å². The van der Waals surface area contributed by atoms with Gasteiger partial charge in [0.2, 0.25) is 0 Å². The molecule has 0 fully saturated rings. The summed E-state index contributed by atoms with van der Waals surface area (Å²) in [5.41, 5.74) is 3.17. The van der Waals surface area contributed by atoms with Gasteiger partial charge in [-0.15, -0.1) is 0 Å². The van der Waals surface area contributed by atoms with Crippen molar-refractivity contribution < 1.29 is 14.3 Å². The Morgan fingerprint density at radius 1 is 0.909 bits per heavy atom. The Morgan fingerprint density at radius 2 is 1.61 bits per heavy atom. The molecule has 6 nitrogen and oxygen atoms in total. The first kappa shape index (κ1) is 22.3. The summed E-state index contributed by atoms with van der Waals surface area (Å²) in [6.45, 7) is 4.55. The first-order valence-electron chi connectivity index (χ1n) is 11.0. The molecule has 6 heteroatoms. The van der Waals surface area contributed by atoms with Gasteiger partial charge >= 0.3 is 0 Å². The molecule has 0 saturated heterocycles. The summed E-state index contributed by atoms with van der Waals surface area (Å²) < 4.78 is 5.74. The summed E-state index contributed by atoms with van der Waals surface area (Å²) >= 11 is 0. The molecule has 168 valence electrons. The van der Waals surface area contributed by atoms with Crippen LogP contribution in [0.1, 0.15) is 30.7 Å². The number of carbonyl (C=O) groups excluding carboxylic acids is 2. The van der Waals surface area contributed by atoms with E-state index in [1.54, 1.807) is 12.3 Å². The predicted octanol–water partition coefficient (Wildman–Crippen LogP) is 4.28. The summed E-state index contributed by atoms with van der Waals surface area (Å²) in [6, 6.07) is 22.7. The lowest BCUT2D eigenvalue weighted by molar-refractivity contribution is -0.138. The molecule has 0 spiro atoms. The molecule has 1 aliphatic rings. The standard InChI is InChI=1S/C27H27N3O3/c1-19(2)33-23-14-12-21(13-15-23)24-25(29(3)17-20-9-5-4-6-10-20)27(32)30(26(24)31)18-22-11-7-8-16-28-22/h4-16,19H,17-18H2,1-3H3. The normalized spacial score (nSPS) is 13.8. The number of aromatic nitrogens is 1. The SMILES string of the molecule is CC(C)Oc1ccc(C2=C(N(C)Cc3ccccc3)C(=O)N(Cc3ccccn3)C2=O)cc1. The maximum atomic E-state index is 13.5. The van der Waals surface area contributed by atoms with E-state index in [1.165, 1.54) is 4.90 Å². The number of amides is 2. The molecular formula is C27H27N3O3. The van der Waals surface area contributed by atoms with E-state index in [0.717, 1.165) is 11.3 Å². The predicted molar refractivity (Wildman–Crippen MR) is 127 cm³/mol. The topological polar surface area (TPSA) is 62.7 Å². The Hall–Kier alpha value is -3.93. The number of rotatable bonds is 8. The third-order valence-electron chi connectivity index (χ3n) is 5.35. The van der Waals surface area contributed by atoms with Crippen molar-refractivity contribution in [3.63, 3.8) is 0 Å². The number of nitrogens with zero attached hydrogens (tertiary/aromatic N) is 3. The molecule has 0 N–H and O–H groups in total. The highest BCUT2D eigenvalue weighted by Gasteiger charge is 2.41. The van der Waals surface area contributed by atoms with Gasteiger partial charge in [0.05, 0.1) is 23.9 Å². The first-order chi connectivity index (χ1) is 15.9. The molecule has 2 aromatic carbocycles. The monoisotopic (exact) mass is 441 g/mol. The van der Waals surface area contributed by atoms with Gasteiger partial charge < -0.3 is 9.64 Å². The van der Waals surface area contributed by atoms with Crippen LogP contribution in [0.3, 0.4) is 0 Å². The first-order valence-corrected chi connectivity index (χ1v) is 11.0. The lowest BCUT2D eigenvalue weighted by Gasteiger charge is -2.21. The Kier molecular flexibility index (Phi) is 6.54. The number of ether oxygens (including phenoxy) is 1. The van der Waals surface area contributed by atoms with E-state index >= 15 is 0 Å². The largest absolute Gasteiger partial charge is 0.491 e. The van der Waals surface area contributed by atoms with Crippen molar-refractivity contribution >= 4 is 17.4 Å². The van der Waals surface area contributed by atoms with Crippen LogP contribution in [0, 0.1) is 0 Å². The minimum Gasteiger partial charge on any atom is -0.491 e. The summed E-state index contributed by atoms with van der Waals surface area (Å²) in [6.07, 6.45) is 1.70. The summed E-state index contributed by atoms with van der Waals surface area (Å²) in [5.74, 6) is 0.0790. The number of hydrogen-bond acceptors (Lipinski definition) is 5. The van der Waals surface area contributed by atoms with E-state index in [-0.39, 0.29) is 24.5 Å². The summed E-state index contributed by atoms with van der Waals surface area (Å²) in [5, 5.41) is 0. The van der Waals surface area contributed by atoms with Gasteiger partial charge in [0, 0.05) is 19.8 Å². The van der Waals surface area contributed by atoms with Crippen LogP contribution in [0.25, 0.3) is 5.57 Å². The van der Waals surface area contributed by atoms with Crippen molar-refractivity contribution in [3.8, 4) is 5.75 Å². The molecule has 0 bridgehead atoms. The van der Waals surface area contributed by atoms with Gasteiger partial charge in [-0.3, -0.25) is 19.5 Å². The molecule has 0 radical (unpaired) electrons. The number of pyridine rings is 1. The zero-order valence-electron chi connectivity index (χ0n) is 19.1. The lowest BCUT2D eigenvalue weighted by Crippen LogP contribution is -2.33. The van der Waals surface area contributed by atoms with Crippen LogP contribution in [0.5, 0.6) is 5.75 Å². The summed E-state index contributed by atoms with van der Waals surface area (Å²) in [7, 11) is 1.84. The highest BCUT2D eigenvalue weighted by Crippen LogP contribution is 2.33. The van der Waals surface area contributed by atoms with E-state index in [2.05, 4.69) is 4.98 Å². The second kappa shape index (κ2) is 9.69. The van der Waals surface area contributed by atoms with Gasteiger partial charge in [0.15, 0.2) is 0 Å². The fourth-order valence-corrected chi connectivity index (χ4v) is 3.88. The third-order valence-corrected chi connectivity index (χ3v) is 5.35. The molecule has 1 aromatic heterocycles. The summed E-state index contributed by atoms with van der Waals surface area (Å²) in [4.78, 5) is 34.4. The van der Waals surface area contributed by atoms with E-state index in [1.807, 2.05) is 92.5 Å². The molecule has 2 heterocycles. The van der Waals surface area contributed by atoms with E-state index in [0.29, 0.717) is 29.1 Å². The van der Waals surface area contributed by atoms with E-state index in [9.17, 15) is 9.59 Å². The van der Waals surface area contributed by atoms with Gasteiger partial charge in [0.1, 0.15) is 11.4 Å². The van der Waals surface area contributed by atoms with Crippen LogP contribution in [-0.2, 0) is 22.7 Å². The number of carbonyl (C=O) groups is 2. The smallest absolute Gasteiger partial charge is 0.278 e. The van der Waals surface area contributed by atoms with Crippen molar-refractivity contribution in [2.45, 2.75) is 33.0 Å². The van der Waals surface area contributed by atoms with Crippen molar-refractivity contribution in [3.05, 3.63) is 102 Å². The van der Waals surface area contributed by atoms with Gasteiger partial charge in [0.25, 0.3) is 11.8 Å². The van der Waals surface area contributed by atoms with Crippen LogP contribution in [0.15, 0.2) is 84.7 Å². The highest BCUT2D eigenvalue weighted by atomic mass is 16.5. The van der Waals surface area contributed by atoms with Gasteiger partial charge in [-0.25, -0.2) is 0 Å². The van der Waals surface area contributed by atoms with Crippen LogP contribution < -0.4 is 4.74 Å². The van der Waals surface area contributed by atoms with E-state index < -0.39 is 0 Å². The van der Waals surface area contributed by atoms with Gasteiger partial charge in [-0.05, 0) is 49.2 Å². The molecule has 0 aliphatic carbocycles. The Labute approximate surface area is 194 Å². The molecule has 0 unspecified atom stereocenters. The fourth-order valence-electron chi connectivity index (χ4n) is 3.88. The average Bonchev–Trinajstić information content (AvgIpc) is 3.05. The quantitative estimate of drug-likeness (QED) is 0.488. The number of likely N-dealkylation sites (N-methyl/N-ethyl adjacent to an activating group) is 1. The Bertz CT molecular complexity index is 1160. The van der Waals surface area contributed by atoms with Crippen LogP contribution in [0.4, 0.5) is 0 Å². The molecule has 2 amide bonds. The Balaban J connectivity index is 1.70. The minimum atomic E-state index is -0.321. The third kappa shape index (κ3) is 4.95. The second-order valence-corrected chi connectivity index (χ2v) is 8.27. The van der Waals surface area contributed by atoms with Crippen molar-refractivity contribution in [2.75, 3.05) is 7.05 Å². The molecule has 33 heavy (non-hydrogen) atoms. The number of benzene rings is 2. The van der Waals surface area contributed by atoms with Crippen LogP contribution in [0.2, 0.25) is 0 Å². The average molecular weight is 442 g/mol. The fraction of sp³-hybridized carbons (Fsp3) is 0.222.